The van der Waals surface area contributed by atoms with Crippen LogP contribution in [0.1, 0.15) is 50.3 Å². The molecule has 0 saturated heterocycles. The summed E-state index contributed by atoms with van der Waals surface area (Å²) in [6.45, 7) is 0. The molecule has 2 fully saturated rings. The topological polar surface area (TPSA) is 58.0 Å². The molecule has 1 aromatic rings. The summed E-state index contributed by atoms with van der Waals surface area (Å²) < 4.78 is 4.36. The molecule has 0 aliphatic heterocycles. The smallest absolute Gasteiger partial charge is 0.202 e. The van der Waals surface area contributed by atoms with Gasteiger partial charge in [-0.3, -0.25) is 0 Å². The summed E-state index contributed by atoms with van der Waals surface area (Å²) in [6.07, 6.45) is 6.55. The van der Waals surface area contributed by atoms with Gasteiger partial charge in [-0.2, -0.15) is 4.37 Å². The van der Waals surface area contributed by atoms with Crippen molar-refractivity contribution in [1.82, 2.24) is 9.36 Å². The van der Waals surface area contributed by atoms with E-state index in [4.69, 9.17) is 0 Å². The lowest BCUT2D eigenvalue weighted by Gasteiger charge is -2.27. The highest BCUT2D eigenvalue weighted by molar-refractivity contribution is 7.09. The summed E-state index contributed by atoms with van der Waals surface area (Å²) in [5.41, 5.74) is 0. The molecule has 2 aliphatic rings. The van der Waals surface area contributed by atoms with Gasteiger partial charge in [-0.05, 0) is 25.7 Å². The average Bonchev–Trinajstić information content (AvgIpc) is 3.03. The van der Waals surface area contributed by atoms with Crippen molar-refractivity contribution in [3.8, 4) is 0 Å². The Bertz CT molecular complexity index is 364. The molecule has 0 radical (unpaired) electrons. The maximum absolute atomic E-state index is 9.85. The van der Waals surface area contributed by atoms with Crippen LogP contribution in [0.25, 0.3) is 0 Å². The number of anilines is 1. The van der Waals surface area contributed by atoms with Crippen LogP contribution in [-0.2, 0) is 0 Å². The largest absolute Gasteiger partial charge is 0.391 e. The molecule has 2 atom stereocenters. The average molecular weight is 239 g/mol. The van der Waals surface area contributed by atoms with Gasteiger partial charge in [0.15, 0.2) is 0 Å². The molecular formula is C11H17N3OS. The lowest BCUT2D eigenvalue weighted by molar-refractivity contribution is 0.116. The molecule has 88 valence electrons. The van der Waals surface area contributed by atoms with Crippen molar-refractivity contribution in [3.63, 3.8) is 0 Å². The molecule has 0 amide bonds. The first-order valence-electron chi connectivity index (χ1n) is 6.11. The van der Waals surface area contributed by atoms with E-state index in [1.807, 2.05) is 0 Å². The molecule has 4 nitrogen and oxygen atoms in total. The van der Waals surface area contributed by atoms with Gasteiger partial charge < -0.3 is 10.4 Å². The highest BCUT2D eigenvalue weighted by atomic mass is 32.1. The van der Waals surface area contributed by atoms with Crippen molar-refractivity contribution in [2.75, 3.05) is 5.32 Å². The second-order valence-corrected chi connectivity index (χ2v) is 5.59. The fourth-order valence-electron chi connectivity index (χ4n) is 2.24. The third-order valence-corrected chi connectivity index (χ3v) is 4.08. The lowest BCUT2D eigenvalue weighted by Crippen LogP contribution is -2.36. The van der Waals surface area contributed by atoms with Gasteiger partial charge in [-0.25, -0.2) is 4.98 Å². The van der Waals surface area contributed by atoms with E-state index in [1.165, 1.54) is 30.8 Å². The van der Waals surface area contributed by atoms with Crippen LogP contribution in [0.3, 0.4) is 0 Å². The van der Waals surface area contributed by atoms with E-state index in [0.717, 1.165) is 30.2 Å². The molecule has 2 unspecified atom stereocenters. The van der Waals surface area contributed by atoms with Crippen LogP contribution < -0.4 is 5.32 Å². The Kier molecular flexibility index (Phi) is 2.81. The van der Waals surface area contributed by atoms with Crippen molar-refractivity contribution in [3.05, 3.63) is 5.82 Å². The van der Waals surface area contributed by atoms with Gasteiger partial charge in [0.2, 0.25) is 5.13 Å². The standard InChI is InChI=1S/C11H17N3OS/c15-9-4-2-1-3-8(9)12-11-13-10(14-16-11)7-5-6-7/h7-9,15H,1-6H2,(H,12,13,14). The highest BCUT2D eigenvalue weighted by Gasteiger charge is 2.29. The normalized spacial score (nSPS) is 30.3. The van der Waals surface area contributed by atoms with Gasteiger partial charge in [0, 0.05) is 17.5 Å². The number of nitrogens with zero attached hydrogens (tertiary/aromatic N) is 2. The van der Waals surface area contributed by atoms with E-state index in [1.54, 1.807) is 0 Å². The summed E-state index contributed by atoms with van der Waals surface area (Å²) in [7, 11) is 0. The number of nitrogens with one attached hydrogen (secondary N) is 1. The Morgan fingerprint density at radius 1 is 1.19 bits per heavy atom. The molecule has 2 saturated carbocycles. The zero-order valence-corrected chi connectivity index (χ0v) is 10.0. The third kappa shape index (κ3) is 2.20. The van der Waals surface area contributed by atoms with E-state index in [2.05, 4.69) is 14.7 Å². The molecule has 0 bridgehead atoms. The first-order valence-corrected chi connectivity index (χ1v) is 6.88. The molecule has 1 heterocycles. The van der Waals surface area contributed by atoms with Crippen molar-refractivity contribution < 1.29 is 5.11 Å². The molecule has 3 rings (SSSR count). The maximum Gasteiger partial charge on any atom is 0.202 e. The second kappa shape index (κ2) is 4.30. The number of hydrogen-bond acceptors (Lipinski definition) is 5. The van der Waals surface area contributed by atoms with Gasteiger partial charge in [0.1, 0.15) is 5.82 Å². The zero-order valence-electron chi connectivity index (χ0n) is 9.22. The Balaban J connectivity index is 1.63. The van der Waals surface area contributed by atoms with E-state index in [-0.39, 0.29) is 12.1 Å². The Labute approximate surface area is 99.3 Å². The molecule has 16 heavy (non-hydrogen) atoms. The van der Waals surface area contributed by atoms with Crippen LogP contribution in [0.5, 0.6) is 0 Å². The van der Waals surface area contributed by atoms with E-state index < -0.39 is 0 Å². The molecule has 2 N–H and O–H groups in total. The molecule has 2 aliphatic carbocycles. The number of aliphatic hydroxyl groups is 1. The quantitative estimate of drug-likeness (QED) is 0.848. The van der Waals surface area contributed by atoms with Crippen LogP contribution in [0.4, 0.5) is 5.13 Å². The van der Waals surface area contributed by atoms with E-state index >= 15 is 0 Å². The van der Waals surface area contributed by atoms with Crippen molar-refractivity contribution in [1.29, 1.82) is 0 Å². The van der Waals surface area contributed by atoms with Gasteiger partial charge in [-0.1, -0.05) is 12.8 Å². The number of aliphatic hydroxyl groups excluding tert-OH is 1. The summed E-state index contributed by atoms with van der Waals surface area (Å²) in [5.74, 6) is 1.61. The maximum atomic E-state index is 9.85. The Morgan fingerprint density at radius 2 is 2.00 bits per heavy atom. The second-order valence-electron chi connectivity index (χ2n) is 4.83. The number of hydrogen-bond donors (Lipinski definition) is 2. The van der Waals surface area contributed by atoms with Crippen molar-refractivity contribution in [2.24, 2.45) is 0 Å². The van der Waals surface area contributed by atoms with E-state index in [9.17, 15) is 5.11 Å². The zero-order chi connectivity index (χ0) is 11.0. The van der Waals surface area contributed by atoms with Crippen LogP contribution in [0, 0.1) is 0 Å². The first-order chi connectivity index (χ1) is 7.83. The Hall–Kier alpha value is -0.680. The third-order valence-electron chi connectivity index (χ3n) is 3.42. The molecule has 0 aromatic carbocycles. The van der Waals surface area contributed by atoms with Gasteiger partial charge in [0.05, 0.1) is 12.1 Å². The predicted molar refractivity (Wildman–Crippen MR) is 63.8 cm³/mol. The van der Waals surface area contributed by atoms with Crippen LogP contribution in [0.15, 0.2) is 0 Å². The minimum absolute atomic E-state index is 0.175. The summed E-state index contributed by atoms with van der Waals surface area (Å²) in [6, 6.07) is 0.175. The first kappa shape index (κ1) is 10.5. The fraction of sp³-hybridized carbons (Fsp3) is 0.818. The predicted octanol–water partition coefficient (Wildman–Crippen LogP) is 2.13. The minimum Gasteiger partial charge on any atom is -0.391 e. The lowest BCUT2D eigenvalue weighted by atomic mass is 9.93. The van der Waals surface area contributed by atoms with Crippen LogP contribution >= 0.6 is 11.5 Å². The SMILES string of the molecule is OC1CCCCC1Nc1nc(C2CC2)ns1. The molecule has 1 aromatic heterocycles. The van der Waals surface area contributed by atoms with Crippen molar-refractivity contribution in [2.45, 2.75) is 56.6 Å². The summed E-state index contributed by atoms with van der Waals surface area (Å²) in [5, 5.41) is 14.1. The van der Waals surface area contributed by atoms with Gasteiger partial charge >= 0.3 is 0 Å². The highest BCUT2D eigenvalue weighted by Crippen LogP contribution is 2.39. The monoisotopic (exact) mass is 239 g/mol. The van der Waals surface area contributed by atoms with Gasteiger partial charge in [0.25, 0.3) is 0 Å². The van der Waals surface area contributed by atoms with E-state index in [0.29, 0.717) is 5.92 Å². The van der Waals surface area contributed by atoms with Gasteiger partial charge in [-0.15, -0.1) is 0 Å². The van der Waals surface area contributed by atoms with Crippen molar-refractivity contribution >= 4 is 16.7 Å². The van der Waals surface area contributed by atoms with Crippen LogP contribution in [-0.4, -0.2) is 26.6 Å². The minimum atomic E-state index is -0.220. The molecule has 0 spiro atoms. The molecule has 5 heteroatoms. The molecular weight excluding hydrogens is 222 g/mol. The fourth-order valence-corrected chi connectivity index (χ4v) is 2.95. The Morgan fingerprint density at radius 3 is 2.75 bits per heavy atom. The van der Waals surface area contributed by atoms with Crippen LogP contribution in [0.2, 0.25) is 0 Å². The number of rotatable bonds is 3. The summed E-state index contributed by atoms with van der Waals surface area (Å²) >= 11 is 1.43. The number of aromatic nitrogens is 2. The summed E-state index contributed by atoms with van der Waals surface area (Å²) in [4.78, 5) is 4.49.